The highest BCUT2D eigenvalue weighted by Crippen LogP contribution is 2.29. The van der Waals surface area contributed by atoms with Gasteiger partial charge in [-0.05, 0) is 12.8 Å². The van der Waals surface area contributed by atoms with E-state index >= 15 is 0 Å². The molecule has 2 bridgehead atoms. The molecule has 2 amide bonds. The molecule has 2 atom stereocenters. The van der Waals surface area contributed by atoms with E-state index in [4.69, 9.17) is 0 Å². The van der Waals surface area contributed by atoms with Crippen molar-refractivity contribution < 1.29 is 9.59 Å². The Morgan fingerprint density at radius 3 is 2.79 bits per heavy atom. The zero-order chi connectivity index (χ0) is 17.3. The van der Waals surface area contributed by atoms with Crippen molar-refractivity contribution in [2.75, 3.05) is 33.7 Å². The molecule has 132 valence electrons. The molecular formula is C16H26N6O2. The summed E-state index contributed by atoms with van der Waals surface area (Å²) >= 11 is 0. The van der Waals surface area contributed by atoms with Crippen molar-refractivity contribution in [1.82, 2.24) is 29.9 Å². The first-order valence-corrected chi connectivity index (χ1v) is 8.61. The summed E-state index contributed by atoms with van der Waals surface area (Å²) in [5.74, 6) is 1.74. The maximum Gasteiger partial charge on any atom is 0.241 e. The van der Waals surface area contributed by atoms with Crippen LogP contribution in [0.4, 0.5) is 0 Å². The van der Waals surface area contributed by atoms with Crippen LogP contribution in [0.25, 0.3) is 0 Å². The molecule has 8 heteroatoms. The number of piperidine rings is 1. The van der Waals surface area contributed by atoms with Crippen molar-refractivity contribution in [2.45, 2.75) is 38.8 Å². The van der Waals surface area contributed by atoms with Gasteiger partial charge in [0.05, 0.1) is 12.5 Å². The van der Waals surface area contributed by atoms with Crippen molar-refractivity contribution in [3.8, 4) is 0 Å². The summed E-state index contributed by atoms with van der Waals surface area (Å²) in [6, 6.07) is 0.105. The minimum atomic E-state index is -0.0229. The summed E-state index contributed by atoms with van der Waals surface area (Å²) in [6.45, 7) is 4.39. The highest BCUT2D eigenvalue weighted by molar-refractivity contribution is 5.86. The van der Waals surface area contributed by atoms with E-state index in [0.29, 0.717) is 6.54 Å². The van der Waals surface area contributed by atoms with Gasteiger partial charge >= 0.3 is 0 Å². The molecule has 0 spiro atoms. The Morgan fingerprint density at radius 2 is 2.12 bits per heavy atom. The lowest BCUT2D eigenvalue weighted by atomic mass is 9.94. The normalized spacial score (nSPS) is 24.3. The third-order valence-electron chi connectivity index (χ3n) is 4.94. The van der Waals surface area contributed by atoms with E-state index in [2.05, 4.69) is 20.1 Å². The summed E-state index contributed by atoms with van der Waals surface area (Å²) < 4.78 is 0. The third-order valence-corrected chi connectivity index (χ3v) is 4.94. The first kappa shape index (κ1) is 16.9. The monoisotopic (exact) mass is 334 g/mol. The molecule has 0 saturated carbocycles. The molecule has 24 heavy (non-hydrogen) atoms. The van der Waals surface area contributed by atoms with Gasteiger partial charge in [0.1, 0.15) is 18.2 Å². The van der Waals surface area contributed by atoms with Crippen LogP contribution in [-0.4, -0.2) is 81.5 Å². The number of aryl methyl sites for hydroxylation is 1. The van der Waals surface area contributed by atoms with Crippen LogP contribution >= 0.6 is 0 Å². The van der Waals surface area contributed by atoms with E-state index in [1.807, 2.05) is 6.92 Å². The average Bonchev–Trinajstić information content (AvgIpc) is 2.85. The van der Waals surface area contributed by atoms with E-state index in [1.54, 1.807) is 23.9 Å². The minimum absolute atomic E-state index is 0.0210. The number of rotatable bonds is 5. The second-order valence-electron chi connectivity index (χ2n) is 6.93. The first-order valence-electron chi connectivity index (χ1n) is 8.61. The number of H-pyrrole nitrogens is 1. The molecule has 4 heterocycles. The molecule has 3 aliphatic heterocycles. The van der Waals surface area contributed by atoms with Crippen LogP contribution in [-0.2, 0) is 22.6 Å². The van der Waals surface area contributed by atoms with Gasteiger partial charge in [-0.25, -0.2) is 4.98 Å². The van der Waals surface area contributed by atoms with Crippen molar-refractivity contribution >= 4 is 11.8 Å². The Morgan fingerprint density at radius 1 is 1.33 bits per heavy atom. The number of fused-ring (bicyclic) bond motifs is 4. The van der Waals surface area contributed by atoms with Gasteiger partial charge in [0.2, 0.25) is 11.8 Å². The van der Waals surface area contributed by atoms with Crippen molar-refractivity contribution in [1.29, 1.82) is 0 Å². The second-order valence-corrected chi connectivity index (χ2v) is 6.93. The summed E-state index contributed by atoms with van der Waals surface area (Å²) in [5.41, 5.74) is 0. The number of nitrogens with zero attached hydrogens (tertiary/aromatic N) is 5. The van der Waals surface area contributed by atoms with Crippen molar-refractivity contribution in [3.63, 3.8) is 0 Å². The lowest BCUT2D eigenvalue weighted by molar-refractivity contribution is -0.145. The molecule has 1 aromatic rings. The number of amides is 2. The minimum Gasteiger partial charge on any atom is -0.347 e. The molecule has 8 nitrogen and oxygen atoms in total. The Bertz CT molecular complexity index is 613. The number of nitrogens with one attached hydrogen (secondary N) is 1. The van der Waals surface area contributed by atoms with Gasteiger partial charge in [-0.3, -0.25) is 19.6 Å². The summed E-state index contributed by atoms with van der Waals surface area (Å²) in [6.07, 6.45) is 2.67. The highest BCUT2D eigenvalue weighted by Gasteiger charge is 2.41. The van der Waals surface area contributed by atoms with Gasteiger partial charge < -0.3 is 9.80 Å². The van der Waals surface area contributed by atoms with E-state index in [9.17, 15) is 9.59 Å². The van der Waals surface area contributed by atoms with Crippen LogP contribution < -0.4 is 0 Å². The van der Waals surface area contributed by atoms with E-state index in [-0.39, 0.29) is 30.3 Å². The van der Waals surface area contributed by atoms with Gasteiger partial charge in [-0.2, -0.15) is 5.10 Å². The lowest BCUT2D eigenvalue weighted by Gasteiger charge is -2.36. The van der Waals surface area contributed by atoms with Crippen molar-refractivity contribution in [2.24, 2.45) is 5.92 Å². The number of aromatic nitrogens is 3. The number of carbonyl (C=O) groups excluding carboxylic acids is 2. The predicted octanol–water partition coefficient (Wildman–Crippen LogP) is -0.122. The fraction of sp³-hybridized carbons (Fsp3) is 0.750. The molecule has 0 unspecified atom stereocenters. The van der Waals surface area contributed by atoms with Gasteiger partial charge in [-0.1, -0.05) is 6.92 Å². The van der Waals surface area contributed by atoms with Crippen molar-refractivity contribution in [3.05, 3.63) is 11.6 Å². The molecule has 1 N–H and O–H groups in total. The fourth-order valence-corrected chi connectivity index (χ4v) is 3.53. The Kier molecular flexibility index (Phi) is 4.84. The lowest BCUT2D eigenvalue weighted by Crippen LogP contribution is -2.51. The third kappa shape index (κ3) is 3.43. The van der Waals surface area contributed by atoms with E-state index in [1.165, 1.54) is 0 Å². The Labute approximate surface area is 142 Å². The number of aromatic amines is 1. The van der Waals surface area contributed by atoms with Crippen LogP contribution in [0.2, 0.25) is 0 Å². The number of likely N-dealkylation sites (N-methyl/N-ethyl adjacent to an activating group) is 1. The van der Waals surface area contributed by atoms with Crippen LogP contribution in [0.5, 0.6) is 0 Å². The van der Waals surface area contributed by atoms with Gasteiger partial charge in [0.25, 0.3) is 0 Å². The van der Waals surface area contributed by atoms with Crippen LogP contribution in [0.1, 0.15) is 31.4 Å². The largest absolute Gasteiger partial charge is 0.347 e. The maximum absolute atomic E-state index is 12.7. The highest BCUT2D eigenvalue weighted by atomic mass is 16.2. The molecule has 4 rings (SSSR count). The summed E-state index contributed by atoms with van der Waals surface area (Å²) in [4.78, 5) is 34.8. The molecule has 3 aliphatic rings. The van der Waals surface area contributed by atoms with Crippen LogP contribution in [0, 0.1) is 5.92 Å². The van der Waals surface area contributed by atoms with Gasteiger partial charge in [0, 0.05) is 39.6 Å². The van der Waals surface area contributed by atoms with Crippen LogP contribution in [0.15, 0.2) is 0 Å². The number of hydrogen-bond donors (Lipinski definition) is 1. The summed E-state index contributed by atoms with van der Waals surface area (Å²) in [5, 5.41) is 7.16. The molecule has 3 fully saturated rings. The maximum atomic E-state index is 12.7. The Hall–Kier alpha value is -1.96. The first-order chi connectivity index (χ1) is 11.5. The molecular weight excluding hydrogens is 308 g/mol. The SMILES string of the molecule is CCc1n[nH]c(CN2C[C@@H]3CC[C@H](C2)N(CC(=O)N(C)C)C3=O)n1. The molecule has 3 saturated heterocycles. The molecule has 0 radical (unpaired) electrons. The number of carbonyl (C=O) groups is 2. The quantitative estimate of drug-likeness (QED) is 0.811. The fourth-order valence-electron chi connectivity index (χ4n) is 3.53. The predicted molar refractivity (Wildman–Crippen MR) is 88.0 cm³/mol. The van der Waals surface area contributed by atoms with Gasteiger partial charge in [0.15, 0.2) is 0 Å². The summed E-state index contributed by atoms with van der Waals surface area (Å²) in [7, 11) is 3.45. The molecule has 0 aromatic carbocycles. The average molecular weight is 334 g/mol. The smallest absolute Gasteiger partial charge is 0.241 e. The van der Waals surface area contributed by atoms with Crippen LogP contribution in [0.3, 0.4) is 0 Å². The Balaban J connectivity index is 1.69. The van der Waals surface area contributed by atoms with E-state index < -0.39 is 0 Å². The zero-order valence-corrected chi connectivity index (χ0v) is 14.7. The molecule has 1 aromatic heterocycles. The molecule has 0 aliphatic carbocycles. The standard InChI is InChI=1S/C16H26N6O2/c1-4-13-17-14(19-18-13)9-21-7-11-5-6-12(8-21)22(16(11)24)10-15(23)20(2)3/h11-12H,4-10H2,1-3H3,(H,17,18,19)/t11-,12+/m0/s1. The topological polar surface area (TPSA) is 85.4 Å². The second kappa shape index (κ2) is 6.88. The number of hydrogen-bond acceptors (Lipinski definition) is 5. The van der Waals surface area contributed by atoms with Gasteiger partial charge in [-0.15, -0.1) is 0 Å². The zero-order valence-electron chi connectivity index (χ0n) is 14.7. The van der Waals surface area contributed by atoms with E-state index in [0.717, 1.165) is 44.0 Å².